The molecule has 2 N–H and O–H groups in total. The molecular weight excluding hydrogens is 334 g/mol. The Kier molecular flexibility index (Phi) is 4.88. The summed E-state index contributed by atoms with van der Waals surface area (Å²) in [6.07, 6.45) is 2.62. The second kappa shape index (κ2) is 7.06. The van der Waals surface area contributed by atoms with E-state index in [4.69, 9.17) is 11.6 Å². The summed E-state index contributed by atoms with van der Waals surface area (Å²) in [4.78, 5) is 11.8. The lowest BCUT2D eigenvalue weighted by Crippen LogP contribution is -2.24. The second-order valence-corrected chi connectivity index (χ2v) is 6.61. The van der Waals surface area contributed by atoms with Gasteiger partial charge in [0.25, 0.3) is 0 Å². The molecule has 0 saturated heterocycles. The van der Waals surface area contributed by atoms with Crippen molar-refractivity contribution < 1.29 is 4.79 Å². The van der Waals surface area contributed by atoms with Crippen molar-refractivity contribution >= 4 is 41.3 Å². The number of hydrazone groups is 1. The first kappa shape index (κ1) is 15.9. The molecule has 1 aliphatic rings. The zero-order valence-corrected chi connectivity index (χ0v) is 14.1. The van der Waals surface area contributed by atoms with E-state index in [1.165, 1.54) is 5.56 Å². The van der Waals surface area contributed by atoms with E-state index in [0.717, 1.165) is 29.3 Å². The maximum atomic E-state index is 11.8. The van der Waals surface area contributed by atoms with Crippen LogP contribution in [-0.2, 0) is 19.2 Å². The number of carbonyl (C=O) groups excluding carboxylic acids is 1. The molecule has 1 aromatic heterocycles. The number of nitrogens with zero attached hydrogens (tertiary/aromatic N) is 3. The Morgan fingerprint density at radius 2 is 2.22 bits per heavy atom. The van der Waals surface area contributed by atoms with E-state index in [9.17, 15) is 4.79 Å². The number of nitrogens with one attached hydrogen (secondary N) is 2. The van der Waals surface area contributed by atoms with E-state index < -0.39 is 6.03 Å². The number of amides is 2. The van der Waals surface area contributed by atoms with Crippen LogP contribution in [0, 0.1) is 0 Å². The van der Waals surface area contributed by atoms with Gasteiger partial charge in [-0.1, -0.05) is 11.6 Å². The van der Waals surface area contributed by atoms with Crippen molar-refractivity contribution in [2.75, 3.05) is 11.1 Å². The monoisotopic (exact) mass is 349 g/mol. The molecule has 0 spiro atoms. The summed E-state index contributed by atoms with van der Waals surface area (Å²) in [7, 11) is 1.89. The van der Waals surface area contributed by atoms with Gasteiger partial charge in [0.15, 0.2) is 0 Å². The molecule has 2 amide bonds. The van der Waals surface area contributed by atoms with Crippen LogP contribution < -0.4 is 10.7 Å². The van der Waals surface area contributed by atoms with Crippen molar-refractivity contribution in [1.82, 2.24) is 15.2 Å². The van der Waals surface area contributed by atoms with Crippen LogP contribution in [0.3, 0.4) is 0 Å². The highest BCUT2D eigenvalue weighted by Gasteiger charge is 2.18. The zero-order chi connectivity index (χ0) is 16.2. The minimum atomic E-state index is -0.408. The lowest BCUT2D eigenvalue weighted by atomic mass is 10.2. The van der Waals surface area contributed by atoms with Gasteiger partial charge in [0, 0.05) is 35.5 Å². The van der Waals surface area contributed by atoms with Gasteiger partial charge in [-0.05, 0) is 30.0 Å². The third-order valence-electron chi connectivity index (χ3n) is 3.46. The van der Waals surface area contributed by atoms with Crippen molar-refractivity contribution in [3.8, 4) is 0 Å². The van der Waals surface area contributed by atoms with Gasteiger partial charge in [-0.25, -0.2) is 10.2 Å². The molecule has 120 valence electrons. The Bertz CT molecular complexity index is 741. The number of thioether (sulfide) groups is 1. The highest BCUT2D eigenvalue weighted by atomic mass is 35.5. The third-order valence-corrected chi connectivity index (χ3v) is 4.70. The number of urea groups is 1. The molecule has 0 atom stereocenters. The number of hydrogen-bond donors (Lipinski definition) is 2. The summed E-state index contributed by atoms with van der Waals surface area (Å²) in [5, 5.41) is 11.8. The molecule has 0 aliphatic carbocycles. The normalized spacial score (nSPS) is 13.8. The summed E-state index contributed by atoms with van der Waals surface area (Å²) in [5.41, 5.74) is 6.36. The topological polar surface area (TPSA) is 71.3 Å². The Balaban J connectivity index is 1.61. The van der Waals surface area contributed by atoms with Crippen LogP contribution in [-0.4, -0.2) is 27.8 Å². The number of carbonyl (C=O) groups is 1. The largest absolute Gasteiger partial charge is 0.339 e. The molecule has 23 heavy (non-hydrogen) atoms. The first-order chi connectivity index (χ1) is 11.1. The van der Waals surface area contributed by atoms with Crippen LogP contribution in [0.25, 0.3) is 0 Å². The van der Waals surface area contributed by atoms with Crippen LogP contribution in [0.2, 0.25) is 5.02 Å². The van der Waals surface area contributed by atoms with Gasteiger partial charge in [-0.2, -0.15) is 22.0 Å². The molecule has 3 rings (SSSR count). The van der Waals surface area contributed by atoms with Crippen LogP contribution in [0.4, 0.5) is 10.5 Å². The standard InChI is InChI=1S/C15H16ClN5OS/c1-21-14(12-9-23-7-6-13(12)20-21)8-17-19-15(22)18-11-4-2-10(16)3-5-11/h2-5,8H,6-7,9H2,1H3,(H2,18,19,22)/b17-8+. The van der Waals surface area contributed by atoms with E-state index in [0.29, 0.717) is 10.7 Å². The third kappa shape index (κ3) is 3.86. The molecular formula is C15H16ClN5OS. The molecule has 0 radical (unpaired) electrons. The molecule has 2 aromatic rings. The maximum absolute atomic E-state index is 11.8. The summed E-state index contributed by atoms with van der Waals surface area (Å²) in [6.45, 7) is 0. The summed E-state index contributed by atoms with van der Waals surface area (Å²) >= 11 is 7.68. The summed E-state index contributed by atoms with van der Waals surface area (Å²) in [5.74, 6) is 2.03. The second-order valence-electron chi connectivity index (χ2n) is 5.07. The highest BCUT2D eigenvalue weighted by molar-refractivity contribution is 7.98. The van der Waals surface area contributed by atoms with Gasteiger partial charge in [0.2, 0.25) is 0 Å². The predicted molar refractivity (Wildman–Crippen MR) is 94.3 cm³/mol. The van der Waals surface area contributed by atoms with Crippen molar-refractivity contribution in [1.29, 1.82) is 0 Å². The van der Waals surface area contributed by atoms with E-state index in [2.05, 4.69) is 20.9 Å². The van der Waals surface area contributed by atoms with Crippen molar-refractivity contribution in [2.24, 2.45) is 12.1 Å². The number of hydrogen-bond acceptors (Lipinski definition) is 4. The number of fused-ring (bicyclic) bond motifs is 1. The van der Waals surface area contributed by atoms with E-state index in [-0.39, 0.29) is 0 Å². The van der Waals surface area contributed by atoms with Gasteiger partial charge < -0.3 is 5.32 Å². The van der Waals surface area contributed by atoms with Crippen molar-refractivity contribution in [2.45, 2.75) is 12.2 Å². The minimum Gasteiger partial charge on any atom is -0.307 e. The Morgan fingerprint density at radius 1 is 1.43 bits per heavy atom. The molecule has 0 saturated carbocycles. The Labute approximate surface area is 143 Å². The number of aryl methyl sites for hydroxylation is 2. The van der Waals surface area contributed by atoms with Crippen LogP contribution in [0.5, 0.6) is 0 Å². The summed E-state index contributed by atoms with van der Waals surface area (Å²) < 4.78 is 1.80. The van der Waals surface area contributed by atoms with Crippen molar-refractivity contribution in [3.63, 3.8) is 0 Å². The molecule has 0 bridgehead atoms. The van der Waals surface area contributed by atoms with Gasteiger partial charge in [-0.3, -0.25) is 4.68 Å². The fourth-order valence-electron chi connectivity index (χ4n) is 2.35. The minimum absolute atomic E-state index is 0.408. The van der Waals surface area contributed by atoms with Crippen LogP contribution in [0.1, 0.15) is 17.0 Å². The number of halogens is 1. The lowest BCUT2D eigenvalue weighted by molar-refractivity contribution is 0.252. The smallest absolute Gasteiger partial charge is 0.307 e. The molecule has 1 aromatic carbocycles. The van der Waals surface area contributed by atoms with Gasteiger partial charge in [0.05, 0.1) is 17.6 Å². The highest BCUT2D eigenvalue weighted by Crippen LogP contribution is 2.25. The predicted octanol–water partition coefficient (Wildman–Crippen LogP) is 3.02. The first-order valence-electron chi connectivity index (χ1n) is 7.11. The SMILES string of the molecule is Cn1nc2c(c1/C=N/NC(=O)Nc1ccc(Cl)cc1)CSCC2. The van der Waals surface area contributed by atoms with Crippen LogP contribution >= 0.6 is 23.4 Å². The Hall–Kier alpha value is -1.99. The maximum Gasteiger partial charge on any atom is 0.339 e. The van der Waals surface area contributed by atoms with E-state index in [1.54, 1.807) is 35.2 Å². The Morgan fingerprint density at radius 3 is 3.00 bits per heavy atom. The van der Waals surface area contributed by atoms with E-state index in [1.807, 2.05) is 18.8 Å². The van der Waals surface area contributed by atoms with Crippen molar-refractivity contribution in [3.05, 3.63) is 46.2 Å². The molecule has 1 aliphatic heterocycles. The number of rotatable bonds is 3. The van der Waals surface area contributed by atoms with Gasteiger partial charge in [0.1, 0.15) is 0 Å². The molecule has 0 unspecified atom stereocenters. The molecule has 0 fully saturated rings. The first-order valence-corrected chi connectivity index (χ1v) is 8.65. The van der Waals surface area contributed by atoms with Gasteiger partial charge >= 0.3 is 6.03 Å². The average molecular weight is 350 g/mol. The zero-order valence-electron chi connectivity index (χ0n) is 12.5. The average Bonchev–Trinajstić information content (AvgIpc) is 2.86. The number of aromatic nitrogens is 2. The van der Waals surface area contributed by atoms with Crippen LogP contribution in [0.15, 0.2) is 29.4 Å². The molecule has 6 nitrogen and oxygen atoms in total. The lowest BCUT2D eigenvalue weighted by Gasteiger charge is -2.09. The summed E-state index contributed by atoms with van der Waals surface area (Å²) in [6, 6.07) is 6.45. The number of anilines is 1. The van der Waals surface area contributed by atoms with E-state index >= 15 is 0 Å². The molecule has 2 heterocycles. The fraction of sp³-hybridized carbons (Fsp3) is 0.267. The number of benzene rings is 1. The fourth-order valence-corrected chi connectivity index (χ4v) is 3.47. The quantitative estimate of drug-likeness (QED) is 0.661. The molecule has 8 heteroatoms. The van der Waals surface area contributed by atoms with Gasteiger partial charge in [-0.15, -0.1) is 0 Å².